The molecule has 0 amide bonds. The fraction of sp³-hybridized carbons (Fsp3) is 0.600. The summed E-state index contributed by atoms with van der Waals surface area (Å²) in [5.41, 5.74) is 6.61. The highest BCUT2D eigenvalue weighted by Crippen LogP contribution is 2.43. The lowest BCUT2D eigenvalue weighted by atomic mass is 9.84. The van der Waals surface area contributed by atoms with Gasteiger partial charge in [-0.1, -0.05) is 26.0 Å². The molecule has 0 radical (unpaired) electrons. The van der Waals surface area contributed by atoms with Gasteiger partial charge in [0, 0.05) is 5.54 Å². The van der Waals surface area contributed by atoms with Crippen LogP contribution in [0.15, 0.2) is 24.3 Å². The second kappa shape index (κ2) is 4.51. The minimum absolute atomic E-state index is 0.237. The van der Waals surface area contributed by atoms with Crippen LogP contribution in [0.4, 0.5) is 13.2 Å². The smallest absolute Gasteiger partial charge is 0.325 e. The van der Waals surface area contributed by atoms with Crippen LogP contribution in [0.2, 0.25) is 0 Å². The average Bonchev–Trinajstić information content (AvgIpc) is 2.52. The number of hydrogen-bond acceptors (Lipinski definition) is 1. The van der Waals surface area contributed by atoms with Crippen LogP contribution in [-0.4, -0.2) is 5.54 Å². The maximum absolute atomic E-state index is 12.5. The molecule has 1 aromatic carbocycles. The molecule has 0 aliphatic heterocycles. The average molecular weight is 271 g/mol. The fourth-order valence-electron chi connectivity index (χ4n) is 3.09. The maximum Gasteiger partial charge on any atom is 0.416 e. The first-order valence-corrected chi connectivity index (χ1v) is 6.55. The first kappa shape index (κ1) is 14.4. The molecule has 4 heteroatoms. The summed E-state index contributed by atoms with van der Waals surface area (Å²) in [6.07, 6.45) is -0.699. The van der Waals surface area contributed by atoms with Crippen molar-refractivity contribution in [2.24, 2.45) is 11.1 Å². The number of benzene rings is 1. The zero-order chi connectivity index (χ0) is 14.3. The van der Waals surface area contributed by atoms with Crippen molar-refractivity contribution in [3.63, 3.8) is 0 Å². The molecule has 0 spiro atoms. The third-order valence-electron chi connectivity index (χ3n) is 3.97. The quantitative estimate of drug-likeness (QED) is 0.859. The highest BCUT2D eigenvalue weighted by atomic mass is 19.4. The summed E-state index contributed by atoms with van der Waals surface area (Å²) in [6.45, 7) is 4.38. The molecule has 1 aliphatic carbocycles. The Morgan fingerprint density at radius 2 is 1.68 bits per heavy atom. The Balaban J connectivity index is 2.08. The molecule has 1 nitrogen and oxygen atoms in total. The molecule has 19 heavy (non-hydrogen) atoms. The van der Waals surface area contributed by atoms with Gasteiger partial charge in [-0.15, -0.1) is 0 Å². The molecule has 2 rings (SSSR count). The molecule has 1 fully saturated rings. The van der Waals surface area contributed by atoms with Gasteiger partial charge in [0.2, 0.25) is 0 Å². The van der Waals surface area contributed by atoms with Crippen molar-refractivity contribution in [2.45, 2.75) is 51.2 Å². The molecule has 1 atom stereocenters. The molecule has 0 saturated heterocycles. The van der Waals surface area contributed by atoms with Gasteiger partial charge >= 0.3 is 6.18 Å². The van der Waals surface area contributed by atoms with Gasteiger partial charge in [-0.3, -0.25) is 0 Å². The third kappa shape index (κ3) is 3.50. The second-order valence-corrected chi connectivity index (χ2v) is 6.57. The highest BCUT2D eigenvalue weighted by molar-refractivity contribution is 5.26. The van der Waals surface area contributed by atoms with Gasteiger partial charge in [-0.05, 0) is 48.8 Å². The number of nitrogens with two attached hydrogens (primary N) is 1. The third-order valence-corrected chi connectivity index (χ3v) is 3.97. The van der Waals surface area contributed by atoms with E-state index in [-0.39, 0.29) is 11.0 Å². The second-order valence-electron chi connectivity index (χ2n) is 6.57. The van der Waals surface area contributed by atoms with Crippen molar-refractivity contribution in [3.05, 3.63) is 35.4 Å². The molecule has 1 unspecified atom stereocenters. The zero-order valence-electron chi connectivity index (χ0n) is 11.3. The van der Waals surface area contributed by atoms with Gasteiger partial charge in [-0.2, -0.15) is 13.2 Å². The first-order valence-electron chi connectivity index (χ1n) is 6.55. The summed E-state index contributed by atoms with van der Waals surface area (Å²) >= 11 is 0. The van der Waals surface area contributed by atoms with Crippen LogP contribution in [0, 0.1) is 5.41 Å². The molecule has 0 bridgehead atoms. The van der Waals surface area contributed by atoms with Gasteiger partial charge in [0.25, 0.3) is 0 Å². The van der Waals surface area contributed by atoms with Crippen LogP contribution in [0.3, 0.4) is 0 Å². The highest BCUT2D eigenvalue weighted by Gasteiger charge is 2.40. The summed E-state index contributed by atoms with van der Waals surface area (Å²) < 4.78 is 37.4. The van der Waals surface area contributed by atoms with E-state index in [4.69, 9.17) is 5.73 Å². The Morgan fingerprint density at radius 3 is 2.11 bits per heavy atom. The van der Waals surface area contributed by atoms with Crippen molar-refractivity contribution >= 4 is 0 Å². The predicted molar refractivity (Wildman–Crippen MR) is 69.7 cm³/mol. The minimum atomic E-state index is -4.27. The molecule has 0 heterocycles. The number of hydrogen-bond donors (Lipinski definition) is 1. The SMILES string of the molecule is CC1(C)CCC(N)(Cc2ccc(C(F)(F)F)cc2)C1. The van der Waals surface area contributed by atoms with Crippen LogP contribution in [-0.2, 0) is 12.6 Å². The Bertz CT molecular complexity index is 447. The van der Waals surface area contributed by atoms with Crippen LogP contribution < -0.4 is 5.73 Å². The van der Waals surface area contributed by atoms with E-state index in [1.165, 1.54) is 0 Å². The monoisotopic (exact) mass is 271 g/mol. The summed E-state index contributed by atoms with van der Waals surface area (Å²) in [4.78, 5) is 0. The predicted octanol–water partition coefficient (Wildman–Crippen LogP) is 4.16. The normalized spacial score (nSPS) is 26.6. The van der Waals surface area contributed by atoms with E-state index in [9.17, 15) is 13.2 Å². The first-order chi connectivity index (χ1) is 8.60. The van der Waals surface area contributed by atoms with Crippen molar-refractivity contribution in [2.75, 3.05) is 0 Å². The Morgan fingerprint density at radius 1 is 1.11 bits per heavy atom. The van der Waals surface area contributed by atoms with Crippen molar-refractivity contribution < 1.29 is 13.2 Å². The van der Waals surface area contributed by atoms with E-state index in [1.54, 1.807) is 12.1 Å². The lowest BCUT2D eigenvalue weighted by Crippen LogP contribution is -2.40. The van der Waals surface area contributed by atoms with Crippen LogP contribution in [0.5, 0.6) is 0 Å². The van der Waals surface area contributed by atoms with Gasteiger partial charge < -0.3 is 5.73 Å². The van der Waals surface area contributed by atoms with Gasteiger partial charge in [-0.25, -0.2) is 0 Å². The number of alkyl halides is 3. The van der Waals surface area contributed by atoms with E-state index >= 15 is 0 Å². The largest absolute Gasteiger partial charge is 0.416 e. The van der Waals surface area contributed by atoms with Crippen LogP contribution in [0.1, 0.15) is 44.2 Å². The standard InChI is InChI=1S/C15H20F3N/c1-13(2)7-8-14(19,10-13)9-11-3-5-12(6-4-11)15(16,17)18/h3-6H,7-10,19H2,1-2H3. The summed E-state index contributed by atoms with van der Waals surface area (Å²) in [6, 6.07) is 5.36. The molecule has 106 valence electrons. The summed E-state index contributed by atoms with van der Waals surface area (Å²) in [5.74, 6) is 0. The molecule has 0 aromatic heterocycles. The van der Waals surface area contributed by atoms with Crippen molar-refractivity contribution in [1.82, 2.24) is 0 Å². The summed E-state index contributed by atoms with van der Waals surface area (Å²) in [5, 5.41) is 0. The number of halogens is 3. The van der Waals surface area contributed by atoms with Crippen molar-refractivity contribution in [1.29, 1.82) is 0 Å². The number of rotatable bonds is 2. The van der Waals surface area contributed by atoms with Crippen molar-refractivity contribution in [3.8, 4) is 0 Å². The van der Waals surface area contributed by atoms with Crippen LogP contribution >= 0.6 is 0 Å². The molecule has 2 N–H and O–H groups in total. The molecule has 1 aromatic rings. The van der Waals surface area contributed by atoms with Crippen LogP contribution in [0.25, 0.3) is 0 Å². The van der Waals surface area contributed by atoms with E-state index in [0.29, 0.717) is 6.42 Å². The molecule has 1 saturated carbocycles. The Kier molecular flexibility index (Phi) is 3.42. The topological polar surface area (TPSA) is 26.0 Å². The van der Waals surface area contributed by atoms with E-state index in [0.717, 1.165) is 37.0 Å². The Labute approximate surface area is 112 Å². The Hall–Kier alpha value is -1.03. The van der Waals surface area contributed by atoms with E-state index in [2.05, 4.69) is 13.8 Å². The zero-order valence-corrected chi connectivity index (χ0v) is 11.3. The lowest BCUT2D eigenvalue weighted by Gasteiger charge is -2.26. The molecular formula is C15H20F3N. The fourth-order valence-corrected chi connectivity index (χ4v) is 3.09. The van der Waals surface area contributed by atoms with Gasteiger partial charge in [0.1, 0.15) is 0 Å². The minimum Gasteiger partial charge on any atom is -0.325 e. The molecular weight excluding hydrogens is 251 g/mol. The lowest BCUT2D eigenvalue weighted by molar-refractivity contribution is -0.137. The van der Waals surface area contributed by atoms with E-state index < -0.39 is 11.7 Å². The van der Waals surface area contributed by atoms with Gasteiger partial charge in [0.05, 0.1) is 5.56 Å². The van der Waals surface area contributed by atoms with Gasteiger partial charge in [0.15, 0.2) is 0 Å². The summed E-state index contributed by atoms with van der Waals surface area (Å²) in [7, 11) is 0. The van der Waals surface area contributed by atoms with E-state index in [1.807, 2.05) is 0 Å². The molecule has 1 aliphatic rings. The maximum atomic E-state index is 12.5.